The van der Waals surface area contributed by atoms with Crippen LogP contribution in [0.5, 0.6) is 11.5 Å². The minimum absolute atomic E-state index is 0. The lowest BCUT2D eigenvalue weighted by molar-refractivity contribution is -0.111. The summed E-state index contributed by atoms with van der Waals surface area (Å²) < 4.78 is 10.5. The molecule has 0 radical (unpaired) electrons. The molecule has 0 unspecified atom stereocenters. The fourth-order valence-electron chi connectivity index (χ4n) is 3.16. The Hall–Kier alpha value is -2.55. The number of hydrogen-bond acceptors (Lipinski definition) is 6. The number of halogens is 1. The molecule has 2 heterocycles. The number of amides is 2. The molecular weight excluding hydrogens is 414 g/mol. The first-order valence-electron chi connectivity index (χ1n) is 8.77. The van der Waals surface area contributed by atoms with Crippen LogP contribution in [0.2, 0.25) is 0 Å². The first-order chi connectivity index (χ1) is 13.4. The highest BCUT2D eigenvalue weighted by molar-refractivity contribution is 7.17. The van der Waals surface area contributed by atoms with Crippen molar-refractivity contribution in [3.8, 4) is 11.5 Å². The molecule has 0 bridgehead atoms. The summed E-state index contributed by atoms with van der Waals surface area (Å²) in [6.07, 6.45) is 3.83. The molecule has 0 fully saturated rings. The molecule has 0 spiro atoms. The van der Waals surface area contributed by atoms with Gasteiger partial charge in [0.2, 0.25) is 5.91 Å². The molecule has 1 aromatic heterocycles. The second kappa shape index (κ2) is 9.78. The van der Waals surface area contributed by atoms with Crippen LogP contribution < -0.4 is 20.5 Å². The van der Waals surface area contributed by atoms with Crippen LogP contribution in [-0.2, 0) is 17.8 Å². The maximum Gasteiger partial charge on any atom is 0.251 e. The van der Waals surface area contributed by atoms with E-state index in [1.807, 2.05) is 13.1 Å². The van der Waals surface area contributed by atoms with Crippen molar-refractivity contribution in [2.24, 2.45) is 5.73 Å². The molecule has 7 nitrogen and oxygen atoms in total. The lowest BCUT2D eigenvalue weighted by Crippen LogP contribution is -2.27. The molecule has 0 aliphatic carbocycles. The maximum atomic E-state index is 12.4. The van der Waals surface area contributed by atoms with Crippen molar-refractivity contribution in [1.29, 1.82) is 0 Å². The second-order valence-electron chi connectivity index (χ2n) is 6.50. The molecule has 0 atom stereocenters. The van der Waals surface area contributed by atoms with Crippen molar-refractivity contribution in [2.45, 2.75) is 13.0 Å². The summed E-state index contributed by atoms with van der Waals surface area (Å²) in [4.78, 5) is 27.6. The highest BCUT2D eigenvalue weighted by atomic mass is 35.5. The summed E-state index contributed by atoms with van der Waals surface area (Å²) >= 11 is 1.41. The molecule has 1 aliphatic rings. The molecule has 2 amide bonds. The van der Waals surface area contributed by atoms with E-state index in [1.54, 1.807) is 32.4 Å². The summed E-state index contributed by atoms with van der Waals surface area (Å²) in [5.41, 5.74) is 7.75. The van der Waals surface area contributed by atoms with E-state index in [9.17, 15) is 9.59 Å². The zero-order valence-corrected chi connectivity index (χ0v) is 18.1. The number of hydrogen-bond donors (Lipinski definition) is 2. The molecule has 156 valence electrons. The third-order valence-electron chi connectivity index (χ3n) is 4.57. The Balaban J connectivity index is 0.00000300. The topological polar surface area (TPSA) is 93.9 Å². The summed E-state index contributed by atoms with van der Waals surface area (Å²) in [5.74, 6) is 0.353. The van der Waals surface area contributed by atoms with Gasteiger partial charge in [-0.3, -0.25) is 9.59 Å². The number of nitrogens with one attached hydrogen (secondary N) is 1. The highest BCUT2D eigenvalue weighted by Gasteiger charge is 2.26. The SMILES string of the molecule is COc1ccc(/C=C/C(=O)Nc2sc3c(c2C(N)=O)CCN(C)C3)cc1OC.Cl. The molecular formula is C20H24ClN3O4S. The van der Waals surface area contributed by atoms with Crippen LogP contribution in [0.25, 0.3) is 6.08 Å². The van der Waals surface area contributed by atoms with Crippen molar-refractivity contribution in [3.63, 3.8) is 0 Å². The monoisotopic (exact) mass is 437 g/mol. The Morgan fingerprint density at radius 3 is 2.62 bits per heavy atom. The van der Waals surface area contributed by atoms with Crippen molar-refractivity contribution in [3.05, 3.63) is 45.8 Å². The van der Waals surface area contributed by atoms with Crippen LogP contribution in [0, 0.1) is 0 Å². The summed E-state index contributed by atoms with van der Waals surface area (Å²) in [5, 5.41) is 3.31. The Labute approximate surface area is 179 Å². The van der Waals surface area contributed by atoms with E-state index in [0.29, 0.717) is 22.1 Å². The third-order valence-corrected chi connectivity index (χ3v) is 5.70. The average Bonchev–Trinajstić information content (AvgIpc) is 3.02. The van der Waals surface area contributed by atoms with Crippen LogP contribution in [0.4, 0.5) is 5.00 Å². The minimum atomic E-state index is -0.513. The molecule has 0 saturated carbocycles. The van der Waals surface area contributed by atoms with Crippen molar-refractivity contribution in [1.82, 2.24) is 4.90 Å². The van der Waals surface area contributed by atoms with E-state index in [2.05, 4.69) is 10.2 Å². The summed E-state index contributed by atoms with van der Waals surface area (Å²) in [7, 11) is 5.14. The average molecular weight is 438 g/mol. The number of fused-ring (bicyclic) bond motifs is 1. The van der Waals surface area contributed by atoms with Gasteiger partial charge in [0.05, 0.1) is 19.8 Å². The minimum Gasteiger partial charge on any atom is -0.493 e. The van der Waals surface area contributed by atoms with Crippen molar-refractivity contribution in [2.75, 3.05) is 33.1 Å². The van der Waals surface area contributed by atoms with Crippen LogP contribution in [0.15, 0.2) is 24.3 Å². The third kappa shape index (κ3) is 5.09. The number of anilines is 1. The maximum absolute atomic E-state index is 12.4. The van der Waals surface area contributed by atoms with Gasteiger partial charge in [0.25, 0.3) is 5.91 Å². The number of nitrogens with two attached hydrogens (primary N) is 1. The van der Waals surface area contributed by atoms with E-state index in [1.165, 1.54) is 17.4 Å². The predicted octanol–water partition coefficient (Wildman–Crippen LogP) is 2.93. The number of carbonyl (C=O) groups is 2. The number of thiophene rings is 1. The fraction of sp³-hybridized carbons (Fsp3) is 0.300. The van der Waals surface area contributed by atoms with Gasteiger partial charge in [0.1, 0.15) is 5.00 Å². The van der Waals surface area contributed by atoms with Crippen LogP contribution in [0.1, 0.15) is 26.4 Å². The van der Waals surface area contributed by atoms with E-state index in [0.717, 1.165) is 35.5 Å². The first-order valence-corrected chi connectivity index (χ1v) is 9.58. The van der Waals surface area contributed by atoms with Gasteiger partial charge in [0.15, 0.2) is 11.5 Å². The molecule has 9 heteroatoms. The van der Waals surface area contributed by atoms with Gasteiger partial charge in [0, 0.05) is 24.0 Å². The lowest BCUT2D eigenvalue weighted by Gasteiger charge is -2.22. The van der Waals surface area contributed by atoms with Crippen LogP contribution in [0.3, 0.4) is 0 Å². The van der Waals surface area contributed by atoms with Gasteiger partial charge in [-0.2, -0.15) is 0 Å². The molecule has 3 N–H and O–H groups in total. The first kappa shape index (κ1) is 22.7. The van der Waals surface area contributed by atoms with E-state index >= 15 is 0 Å². The predicted molar refractivity (Wildman–Crippen MR) is 117 cm³/mol. The van der Waals surface area contributed by atoms with E-state index in [4.69, 9.17) is 15.2 Å². The van der Waals surface area contributed by atoms with Crippen molar-refractivity contribution >= 4 is 46.6 Å². The zero-order valence-electron chi connectivity index (χ0n) is 16.5. The Bertz CT molecular complexity index is 942. The fourth-order valence-corrected chi connectivity index (χ4v) is 4.50. The largest absolute Gasteiger partial charge is 0.493 e. The van der Waals surface area contributed by atoms with Gasteiger partial charge in [-0.05, 0) is 42.8 Å². The number of benzene rings is 1. The number of primary amides is 1. The molecule has 1 aliphatic heterocycles. The van der Waals surface area contributed by atoms with Gasteiger partial charge < -0.3 is 25.4 Å². The highest BCUT2D eigenvalue weighted by Crippen LogP contribution is 2.36. The Morgan fingerprint density at radius 2 is 1.97 bits per heavy atom. The molecule has 3 rings (SSSR count). The smallest absolute Gasteiger partial charge is 0.251 e. The Kier molecular flexibility index (Phi) is 7.66. The number of ether oxygens (including phenoxy) is 2. The standard InChI is InChI=1S/C20H23N3O4S.ClH/c1-23-9-8-13-16(11-23)28-20(18(13)19(21)25)22-17(24)7-5-12-4-6-14(26-2)15(10-12)27-3;/h4-7,10H,8-9,11H2,1-3H3,(H2,21,25)(H,22,24);1H/b7-5+;. The number of methoxy groups -OCH3 is 2. The van der Waals surface area contributed by atoms with Crippen LogP contribution in [-0.4, -0.2) is 44.5 Å². The van der Waals surface area contributed by atoms with Gasteiger partial charge in [-0.1, -0.05) is 6.07 Å². The van der Waals surface area contributed by atoms with Gasteiger partial charge >= 0.3 is 0 Å². The van der Waals surface area contributed by atoms with Gasteiger partial charge in [-0.15, -0.1) is 23.7 Å². The zero-order chi connectivity index (χ0) is 20.3. The van der Waals surface area contributed by atoms with E-state index < -0.39 is 5.91 Å². The lowest BCUT2D eigenvalue weighted by atomic mass is 10.0. The Morgan fingerprint density at radius 1 is 1.24 bits per heavy atom. The van der Waals surface area contributed by atoms with Gasteiger partial charge in [-0.25, -0.2) is 0 Å². The second-order valence-corrected chi connectivity index (χ2v) is 7.60. The summed E-state index contributed by atoms with van der Waals surface area (Å²) in [6, 6.07) is 5.36. The summed E-state index contributed by atoms with van der Waals surface area (Å²) in [6.45, 7) is 1.61. The van der Waals surface area contributed by atoms with Crippen LogP contribution >= 0.6 is 23.7 Å². The quantitative estimate of drug-likeness (QED) is 0.677. The molecule has 2 aromatic rings. The van der Waals surface area contributed by atoms with E-state index in [-0.39, 0.29) is 18.3 Å². The van der Waals surface area contributed by atoms with Crippen molar-refractivity contribution < 1.29 is 19.1 Å². The number of carbonyl (C=O) groups excluding carboxylic acids is 2. The number of rotatable bonds is 6. The molecule has 29 heavy (non-hydrogen) atoms. The number of likely N-dealkylation sites (N-methyl/N-ethyl adjacent to an activating group) is 1. The molecule has 0 saturated heterocycles. The number of nitrogens with zero attached hydrogens (tertiary/aromatic N) is 1. The molecule has 1 aromatic carbocycles. The normalized spacial score (nSPS) is 13.5.